The van der Waals surface area contributed by atoms with E-state index in [4.69, 9.17) is 0 Å². The molecule has 0 spiro atoms. The molecular weight excluding hydrogens is 258 g/mol. The molecule has 17 heavy (non-hydrogen) atoms. The lowest BCUT2D eigenvalue weighted by molar-refractivity contribution is -0.130. The Hall–Kier alpha value is -1.08. The zero-order valence-electron chi connectivity index (χ0n) is 9.54. The van der Waals surface area contributed by atoms with Gasteiger partial charge in [0, 0.05) is 17.3 Å². The van der Waals surface area contributed by atoms with Crippen molar-refractivity contribution >= 4 is 40.5 Å². The number of thiazole rings is 1. The molecule has 5 nitrogen and oxygen atoms in total. The highest BCUT2D eigenvalue weighted by Crippen LogP contribution is 2.37. The molecule has 0 aliphatic carbocycles. The second-order valence-electron chi connectivity index (χ2n) is 4.11. The van der Waals surface area contributed by atoms with Crippen molar-refractivity contribution in [1.29, 1.82) is 0 Å². The first kappa shape index (κ1) is 12.4. The second kappa shape index (κ2) is 4.66. The highest BCUT2D eigenvalue weighted by molar-refractivity contribution is 8.00. The molecule has 1 N–H and O–H groups in total. The number of amides is 2. The molecule has 0 aromatic carbocycles. The first-order valence-electron chi connectivity index (χ1n) is 5.12. The van der Waals surface area contributed by atoms with Crippen LogP contribution in [0, 0.1) is 0 Å². The Balaban J connectivity index is 2.07. The molecule has 0 bridgehead atoms. The Bertz CT molecular complexity index is 419. The van der Waals surface area contributed by atoms with Gasteiger partial charge in [-0.05, 0) is 13.8 Å². The number of hydrogen-bond donors (Lipinski definition) is 1. The van der Waals surface area contributed by atoms with Gasteiger partial charge >= 0.3 is 0 Å². The van der Waals surface area contributed by atoms with Crippen molar-refractivity contribution in [3.05, 3.63) is 11.6 Å². The third-order valence-electron chi connectivity index (χ3n) is 2.63. The van der Waals surface area contributed by atoms with Crippen LogP contribution in [0.15, 0.2) is 11.6 Å². The largest absolute Gasteiger partial charge is 0.318 e. The fourth-order valence-electron chi connectivity index (χ4n) is 1.69. The van der Waals surface area contributed by atoms with Gasteiger partial charge in [0.1, 0.15) is 6.04 Å². The average molecular weight is 271 g/mol. The van der Waals surface area contributed by atoms with E-state index in [0.29, 0.717) is 10.9 Å². The molecule has 0 saturated carbocycles. The van der Waals surface area contributed by atoms with E-state index >= 15 is 0 Å². The minimum Gasteiger partial charge on any atom is -0.318 e. The molecule has 1 saturated heterocycles. The van der Waals surface area contributed by atoms with Crippen molar-refractivity contribution in [3.63, 3.8) is 0 Å². The molecular formula is C10H13N3O2S2. The number of nitrogens with one attached hydrogen (secondary N) is 1. The zero-order chi connectivity index (χ0) is 12.5. The van der Waals surface area contributed by atoms with Crippen LogP contribution >= 0.6 is 23.1 Å². The summed E-state index contributed by atoms with van der Waals surface area (Å²) < 4.78 is 0. The van der Waals surface area contributed by atoms with E-state index in [1.807, 2.05) is 13.8 Å². The number of anilines is 1. The van der Waals surface area contributed by atoms with Crippen LogP contribution in [0.25, 0.3) is 0 Å². The average Bonchev–Trinajstić information content (AvgIpc) is 2.85. The molecule has 1 aliphatic rings. The molecule has 1 fully saturated rings. The first-order valence-corrected chi connectivity index (χ1v) is 6.99. The SMILES string of the molecule is CC1(C)SC[C@H](C(=O)Nc2nccs2)N1C=O. The highest BCUT2D eigenvalue weighted by atomic mass is 32.2. The van der Waals surface area contributed by atoms with Crippen LogP contribution in [0.1, 0.15) is 13.8 Å². The predicted molar refractivity (Wildman–Crippen MR) is 69.0 cm³/mol. The Labute approximate surface area is 108 Å². The van der Waals surface area contributed by atoms with Gasteiger partial charge in [0.05, 0.1) is 4.87 Å². The van der Waals surface area contributed by atoms with E-state index in [1.165, 1.54) is 11.3 Å². The van der Waals surface area contributed by atoms with Crippen molar-refractivity contribution in [2.45, 2.75) is 24.8 Å². The zero-order valence-corrected chi connectivity index (χ0v) is 11.2. The fraction of sp³-hybridized carbons (Fsp3) is 0.500. The third kappa shape index (κ3) is 2.44. The normalized spacial score (nSPS) is 22.5. The van der Waals surface area contributed by atoms with Gasteiger partial charge in [-0.1, -0.05) is 0 Å². The Morgan fingerprint density at radius 3 is 3.06 bits per heavy atom. The lowest BCUT2D eigenvalue weighted by atomic mass is 10.2. The maximum atomic E-state index is 12.0. The molecule has 2 heterocycles. The summed E-state index contributed by atoms with van der Waals surface area (Å²) in [6.45, 7) is 3.87. The number of carbonyl (C=O) groups is 2. The van der Waals surface area contributed by atoms with Crippen LogP contribution in [0.3, 0.4) is 0 Å². The van der Waals surface area contributed by atoms with Gasteiger partial charge in [0.15, 0.2) is 5.13 Å². The van der Waals surface area contributed by atoms with E-state index in [9.17, 15) is 9.59 Å². The lowest BCUT2D eigenvalue weighted by Gasteiger charge is -2.29. The minimum atomic E-state index is -0.420. The van der Waals surface area contributed by atoms with E-state index in [-0.39, 0.29) is 10.8 Å². The van der Waals surface area contributed by atoms with Gasteiger partial charge in [-0.25, -0.2) is 4.98 Å². The summed E-state index contributed by atoms with van der Waals surface area (Å²) in [7, 11) is 0. The van der Waals surface area contributed by atoms with E-state index in [2.05, 4.69) is 10.3 Å². The van der Waals surface area contributed by atoms with Crippen LogP contribution in [0.4, 0.5) is 5.13 Å². The maximum Gasteiger partial charge on any atom is 0.249 e. The summed E-state index contributed by atoms with van der Waals surface area (Å²) in [6, 6.07) is -0.420. The maximum absolute atomic E-state index is 12.0. The fourth-order valence-corrected chi connectivity index (χ4v) is 3.42. The van der Waals surface area contributed by atoms with Gasteiger partial charge in [0.2, 0.25) is 12.3 Å². The van der Waals surface area contributed by atoms with Crippen LogP contribution in [-0.4, -0.2) is 38.9 Å². The number of thioether (sulfide) groups is 1. The van der Waals surface area contributed by atoms with Crippen LogP contribution in [0.2, 0.25) is 0 Å². The number of carbonyl (C=O) groups excluding carboxylic acids is 2. The van der Waals surface area contributed by atoms with E-state index in [1.54, 1.807) is 28.2 Å². The minimum absolute atomic E-state index is 0.176. The Morgan fingerprint density at radius 1 is 1.71 bits per heavy atom. The molecule has 92 valence electrons. The number of rotatable bonds is 3. The molecule has 0 radical (unpaired) electrons. The second-order valence-corrected chi connectivity index (χ2v) is 6.63. The van der Waals surface area contributed by atoms with Crippen molar-refractivity contribution in [2.24, 2.45) is 0 Å². The summed E-state index contributed by atoms with van der Waals surface area (Å²) in [4.78, 5) is 28.3. The van der Waals surface area contributed by atoms with Gasteiger partial charge in [-0.15, -0.1) is 23.1 Å². The molecule has 1 aromatic rings. The van der Waals surface area contributed by atoms with Gasteiger partial charge in [-0.2, -0.15) is 0 Å². The Morgan fingerprint density at radius 2 is 2.47 bits per heavy atom. The molecule has 2 amide bonds. The molecule has 1 aromatic heterocycles. The summed E-state index contributed by atoms with van der Waals surface area (Å²) >= 11 is 2.96. The van der Waals surface area contributed by atoms with Crippen molar-refractivity contribution in [1.82, 2.24) is 9.88 Å². The predicted octanol–water partition coefficient (Wildman–Crippen LogP) is 1.39. The third-order valence-corrected chi connectivity index (χ3v) is 4.72. The summed E-state index contributed by atoms with van der Waals surface area (Å²) in [5.41, 5.74) is 0. The molecule has 7 heteroatoms. The van der Waals surface area contributed by atoms with E-state index in [0.717, 1.165) is 6.41 Å². The van der Waals surface area contributed by atoms with Gasteiger partial charge in [0.25, 0.3) is 0 Å². The smallest absolute Gasteiger partial charge is 0.249 e. The number of aromatic nitrogens is 1. The molecule has 2 rings (SSSR count). The van der Waals surface area contributed by atoms with E-state index < -0.39 is 6.04 Å². The summed E-state index contributed by atoms with van der Waals surface area (Å²) in [5, 5.41) is 5.08. The topological polar surface area (TPSA) is 62.3 Å². The lowest BCUT2D eigenvalue weighted by Crippen LogP contribution is -2.47. The van der Waals surface area contributed by atoms with Gasteiger partial charge < -0.3 is 10.2 Å². The van der Waals surface area contributed by atoms with Crippen molar-refractivity contribution in [3.8, 4) is 0 Å². The Kier molecular flexibility index (Phi) is 3.39. The van der Waals surface area contributed by atoms with Crippen molar-refractivity contribution < 1.29 is 9.59 Å². The van der Waals surface area contributed by atoms with Gasteiger partial charge in [-0.3, -0.25) is 9.59 Å². The van der Waals surface area contributed by atoms with Crippen molar-refractivity contribution in [2.75, 3.05) is 11.1 Å². The van der Waals surface area contributed by atoms with Crippen LogP contribution in [0.5, 0.6) is 0 Å². The standard InChI is InChI=1S/C10H13N3O2S2/c1-10(2)13(6-14)7(5-17-10)8(15)12-9-11-3-4-16-9/h3-4,6-7H,5H2,1-2H3,(H,11,12,15)/t7-/m1/s1. The first-order chi connectivity index (χ1) is 8.04. The molecule has 1 atom stereocenters. The van der Waals surface area contributed by atoms with Crippen LogP contribution < -0.4 is 5.32 Å². The number of hydrogen-bond acceptors (Lipinski definition) is 5. The summed E-state index contributed by atoms with van der Waals surface area (Å²) in [6.07, 6.45) is 2.37. The highest BCUT2D eigenvalue weighted by Gasteiger charge is 2.42. The molecule has 0 unspecified atom stereocenters. The monoisotopic (exact) mass is 271 g/mol. The number of nitrogens with zero attached hydrogens (tertiary/aromatic N) is 2. The summed E-state index contributed by atoms with van der Waals surface area (Å²) in [5.74, 6) is 0.438. The quantitative estimate of drug-likeness (QED) is 0.844. The van der Waals surface area contributed by atoms with Crippen LogP contribution in [-0.2, 0) is 9.59 Å². The molecule has 1 aliphatic heterocycles.